The fourth-order valence-electron chi connectivity index (χ4n) is 3.73. The van der Waals surface area contributed by atoms with Crippen molar-refractivity contribution in [2.24, 2.45) is 0 Å². The summed E-state index contributed by atoms with van der Waals surface area (Å²) in [5.41, 5.74) is 4.79. The number of rotatable bonds is 6. The van der Waals surface area contributed by atoms with Crippen molar-refractivity contribution in [2.45, 2.75) is 19.3 Å². The van der Waals surface area contributed by atoms with Crippen LogP contribution in [0.15, 0.2) is 66.9 Å². The Morgan fingerprint density at radius 1 is 1.10 bits per heavy atom. The van der Waals surface area contributed by atoms with E-state index in [-0.39, 0.29) is 5.91 Å². The molecule has 1 amide bonds. The molecule has 0 unspecified atom stereocenters. The van der Waals surface area contributed by atoms with E-state index in [4.69, 9.17) is 4.74 Å². The van der Waals surface area contributed by atoms with E-state index in [0.29, 0.717) is 12.1 Å². The summed E-state index contributed by atoms with van der Waals surface area (Å²) in [6, 6.07) is 20.1. The number of benzene rings is 2. The minimum atomic E-state index is -0.0956. The normalized spacial score (nSPS) is 12.9. The van der Waals surface area contributed by atoms with E-state index >= 15 is 0 Å². The molecule has 0 saturated heterocycles. The predicted molar refractivity (Wildman–Crippen MR) is 115 cm³/mol. The Morgan fingerprint density at radius 2 is 1.90 bits per heavy atom. The van der Waals surface area contributed by atoms with E-state index in [2.05, 4.69) is 27.3 Å². The number of aryl methyl sites for hydroxylation is 1. The lowest BCUT2D eigenvalue weighted by molar-refractivity contribution is 0.0954. The molecule has 1 aliphatic rings. The van der Waals surface area contributed by atoms with E-state index < -0.39 is 0 Å². The van der Waals surface area contributed by atoms with E-state index in [1.165, 1.54) is 5.56 Å². The van der Waals surface area contributed by atoms with Gasteiger partial charge in [-0.2, -0.15) is 0 Å². The first-order valence-corrected chi connectivity index (χ1v) is 9.98. The van der Waals surface area contributed by atoms with Gasteiger partial charge in [-0.3, -0.25) is 9.78 Å². The highest BCUT2D eigenvalue weighted by Gasteiger charge is 2.23. The van der Waals surface area contributed by atoms with Crippen LogP contribution in [-0.4, -0.2) is 31.1 Å². The Labute approximate surface area is 171 Å². The van der Waals surface area contributed by atoms with Gasteiger partial charge < -0.3 is 15.0 Å². The van der Waals surface area contributed by atoms with Crippen LogP contribution in [0.25, 0.3) is 0 Å². The second-order valence-corrected chi connectivity index (χ2v) is 7.11. The third kappa shape index (κ3) is 4.24. The van der Waals surface area contributed by atoms with Gasteiger partial charge >= 0.3 is 0 Å². The van der Waals surface area contributed by atoms with Crippen LogP contribution in [0.1, 0.15) is 28.0 Å². The fraction of sp³-hybridized carbons (Fsp3) is 0.250. The number of nitrogens with one attached hydrogen (secondary N) is 1. The molecular formula is C24H25N3O2. The van der Waals surface area contributed by atoms with Crippen molar-refractivity contribution in [3.63, 3.8) is 0 Å². The summed E-state index contributed by atoms with van der Waals surface area (Å²) >= 11 is 0. The number of fused-ring (bicyclic) bond motifs is 1. The van der Waals surface area contributed by atoms with Crippen LogP contribution in [-0.2, 0) is 12.8 Å². The van der Waals surface area contributed by atoms with Gasteiger partial charge in [-0.05, 0) is 43.0 Å². The molecular weight excluding hydrogens is 362 g/mol. The van der Waals surface area contributed by atoms with Crippen LogP contribution < -0.4 is 15.0 Å². The standard InChI is InChI=1S/C24H25N3O2/c1-29-23-12-6-5-11-21(23)27-15-7-10-20-22(27)16-19(17-26-20)24(28)25-14-13-18-8-3-2-4-9-18/h2-6,8-9,11-12,16-17H,7,10,13-15H2,1H3,(H,25,28). The van der Waals surface area contributed by atoms with Gasteiger partial charge in [0.1, 0.15) is 5.75 Å². The maximum Gasteiger partial charge on any atom is 0.252 e. The first kappa shape index (κ1) is 19.0. The lowest BCUT2D eigenvalue weighted by Crippen LogP contribution is -2.28. The number of pyridine rings is 1. The van der Waals surface area contributed by atoms with E-state index in [9.17, 15) is 4.79 Å². The molecule has 3 aromatic rings. The van der Waals surface area contributed by atoms with Crippen molar-refractivity contribution in [3.8, 4) is 5.75 Å². The molecule has 4 rings (SSSR count). The third-order valence-corrected chi connectivity index (χ3v) is 5.21. The molecule has 0 atom stereocenters. The largest absolute Gasteiger partial charge is 0.495 e. The number of carbonyl (C=O) groups excluding carboxylic acids is 1. The van der Waals surface area contributed by atoms with Gasteiger partial charge in [-0.1, -0.05) is 42.5 Å². The summed E-state index contributed by atoms with van der Waals surface area (Å²) in [6.07, 6.45) is 4.41. The molecule has 1 N–H and O–H groups in total. The molecule has 0 fully saturated rings. The molecule has 1 aliphatic heterocycles. The highest BCUT2D eigenvalue weighted by molar-refractivity contribution is 5.95. The monoisotopic (exact) mass is 387 g/mol. The van der Waals surface area contributed by atoms with Crippen molar-refractivity contribution >= 4 is 17.3 Å². The highest BCUT2D eigenvalue weighted by atomic mass is 16.5. The van der Waals surface area contributed by atoms with Crippen LogP contribution in [0.4, 0.5) is 11.4 Å². The number of hydrogen-bond acceptors (Lipinski definition) is 4. The second-order valence-electron chi connectivity index (χ2n) is 7.11. The van der Waals surface area contributed by atoms with Crippen molar-refractivity contribution in [2.75, 3.05) is 25.1 Å². The lowest BCUT2D eigenvalue weighted by atomic mass is 10.0. The fourth-order valence-corrected chi connectivity index (χ4v) is 3.73. The minimum absolute atomic E-state index is 0.0956. The molecule has 5 heteroatoms. The number of nitrogens with zero attached hydrogens (tertiary/aromatic N) is 2. The quantitative estimate of drug-likeness (QED) is 0.690. The number of aromatic nitrogens is 1. The molecule has 1 aromatic heterocycles. The number of anilines is 2. The van der Waals surface area contributed by atoms with Gasteiger partial charge in [0.25, 0.3) is 5.91 Å². The van der Waals surface area contributed by atoms with Crippen LogP contribution in [0.3, 0.4) is 0 Å². The summed E-state index contributed by atoms with van der Waals surface area (Å²) in [6.45, 7) is 1.46. The Bertz CT molecular complexity index is 988. The summed E-state index contributed by atoms with van der Waals surface area (Å²) in [5.74, 6) is 0.722. The van der Waals surface area contributed by atoms with Crippen LogP contribution >= 0.6 is 0 Å². The van der Waals surface area contributed by atoms with Gasteiger partial charge in [0, 0.05) is 19.3 Å². The number of para-hydroxylation sites is 2. The number of amides is 1. The maximum absolute atomic E-state index is 12.7. The zero-order valence-corrected chi connectivity index (χ0v) is 16.6. The molecule has 148 valence electrons. The predicted octanol–water partition coefficient (Wildman–Crippen LogP) is 4.15. The zero-order valence-electron chi connectivity index (χ0n) is 16.6. The molecule has 0 radical (unpaired) electrons. The Balaban J connectivity index is 1.52. The van der Waals surface area contributed by atoms with Crippen molar-refractivity contribution in [1.29, 1.82) is 0 Å². The Hall–Kier alpha value is -3.34. The molecule has 0 spiro atoms. The Morgan fingerprint density at radius 3 is 2.72 bits per heavy atom. The summed E-state index contributed by atoms with van der Waals surface area (Å²) in [4.78, 5) is 19.5. The van der Waals surface area contributed by atoms with E-state index in [0.717, 1.165) is 48.6 Å². The highest BCUT2D eigenvalue weighted by Crippen LogP contribution is 2.37. The molecule has 5 nitrogen and oxygen atoms in total. The Kier molecular flexibility index (Phi) is 5.75. The number of ether oxygens (including phenoxy) is 1. The minimum Gasteiger partial charge on any atom is -0.495 e. The van der Waals surface area contributed by atoms with Crippen LogP contribution in [0, 0.1) is 0 Å². The lowest BCUT2D eigenvalue weighted by Gasteiger charge is -2.31. The van der Waals surface area contributed by atoms with Gasteiger partial charge in [-0.25, -0.2) is 0 Å². The van der Waals surface area contributed by atoms with Crippen LogP contribution in [0.5, 0.6) is 5.75 Å². The average molecular weight is 387 g/mol. The maximum atomic E-state index is 12.7. The number of methoxy groups -OCH3 is 1. The first-order chi connectivity index (χ1) is 14.3. The van der Waals surface area contributed by atoms with Crippen molar-refractivity contribution in [3.05, 3.63) is 83.7 Å². The zero-order chi connectivity index (χ0) is 20.1. The van der Waals surface area contributed by atoms with Gasteiger partial charge in [0.2, 0.25) is 0 Å². The second kappa shape index (κ2) is 8.78. The summed E-state index contributed by atoms with van der Waals surface area (Å²) < 4.78 is 5.55. The first-order valence-electron chi connectivity index (χ1n) is 9.98. The summed E-state index contributed by atoms with van der Waals surface area (Å²) in [7, 11) is 1.68. The van der Waals surface area contributed by atoms with E-state index in [1.54, 1.807) is 13.3 Å². The molecule has 2 heterocycles. The van der Waals surface area contributed by atoms with Gasteiger partial charge in [0.15, 0.2) is 0 Å². The molecule has 0 bridgehead atoms. The molecule has 2 aromatic carbocycles. The third-order valence-electron chi connectivity index (χ3n) is 5.21. The summed E-state index contributed by atoms with van der Waals surface area (Å²) in [5, 5.41) is 3.01. The van der Waals surface area contributed by atoms with Gasteiger partial charge in [-0.15, -0.1) is 0 Å². The smallest absolute Gasteiger partial charge is 0.252 e. The van der Waals surface area contributed by atoms with E-state index in [1.807, 2.05) is 48.5 Å². The number of hydrogen-bond donors (Lipinski definition) is 1. The number of carbonyl (C=O) groups is 1. The molecule has 0 aliphatic carbocycles. The van der Waals surface area contributed by atoms with Crippen molar-refractivity contribution < 1.29 is 9.53 Å². The van der Waals surface area contributed by atoms with Crippen LogP contribution in [0.2, 0.25) is 0 Å². The van der Waals surface area contributed by atoms with Crippen molar-refractivity contribution in [1.82, 2.24) is 10.3 Å². The SMILES string of the molecule is COc1ccccc1N1CCCc2ncc(C(=O)NCCc3ccccc3)cc21. The molecule has 29 heavy (non-hydrogen) atoms. The van der Waals surface area contributed by atoms with Gasteiger partial charge in [0.05, 0.1) is 29.7 Å². The topological polar surface area (TPSA) is 54.5 Å². The molecule has 0 saturated carbocycles. The average Bonchev–Trinajstić information content (AvgIpc) is 2.79.